The van der Waals surface area contributed by atoms with Gasteiger partial charge in [0.25, 0.3) is 0 Å². The van der Waals surface area contributed by atoms with Gasteiger partial charge < -0.3 is 10.2 Å². The Morgan fingerprint density at radius 3 is 2.29 bits per heavy atom. The molecule has 0 aliphatic heterocycles. The average Bonchev–Trinajstić information content (AvgIpc) is 2.29. The summed E-state index contributed by atoms with van der Waals surface area (Å²) in [5.74, 6) is 0.606. The summed E-state index contributed by atoms with van der Waals surface area (Å²) in [5.41, 5.74) is 3.38. The Labute approximate surface area is 114 Å². The topological polar surface area (TPSA) is 40.5 Å². The number of halogens is 1. The second kappa shape index (κ2) is 4.56. The van der Waals surface area contributed by atoms with Crippen molar-refractivity contribution < 1.29 is 10.2 Å². The first-order valence-electron chi connectivity index (χ1n) is 5.28. The van der Waals surface area contributed by atoms with Crippen LogP contribution in [0.2, 0.25) is 0 Å². The Kier molecular flexibility index (Phi) is 3.28. The lowest BCUT2D eigenvalue weighted by atomic mass is 10.00. The third kappa shape index (κ3) is 2.24. The van der Waals surface area contributed by atoms with E-state index in [2.05, 4.69) is 22.6 Å². The summed E-state index contributed by atoms with van der Waals surface area (Å²) >= 11 is 2.09. The van der Waals surface area contributed by atoms with Crippen molar-refractivity contribution in [2.75, 3.05) is 0 Å². The monoisotopic (exact) mass is 340 g/mol. The summed E-state index contributed by atoms with van der Waals surface area (Å²) in [7, 11) is 0. The number of hydrogen-bond acceptors (Lipinski definition) is 2. The zero-order valence-electron chi connectivity index (χ0n) is 9.66. The fourth-order valence-corrected chi connectivity index (χ4v) is 2.54. The molecule has 0 aromatic heterocycles. The van der Waals surface area contributed by atoms with E-state index in [1.54, 1.807) is 0 Å². The summed E-state index contributed by atoms with van der Waals surface area (Å²) in [6.45, 7) is 3.73. The van der Waals surface area contributed by atoms with Crippen molar-refractivity contribution >= 4 is 22.6 Å². The maximum absolute atomic E-state index is 10.0. The Balaban J connectivity index is 2.65. The van der Waals surface area contributed by atoms with Crippen molar-refractivity contribution in [1.82, 2.24) is 0 Å². The van der Waals surface area contributed by atoms with E-state index in [0.29, 0.717) is 11.5 Å². The zero-order chi connectivity index (χ0) is 12.6. The van der Waals surface area contributed by atoms with Crippen LogP contribution >= 0.6 is 22.6 Å². The number of phenols is 2. The minimum absolute atomic E-state index is 0.299. The van der Waals surface area contributed by atoms with Crippen molar-refractivity contribution in [2.24, 2.45) is 0 Å². The molecule has 0 heterocycles. The van der Waals surface area contributed by atoms with Crippen molar-refractivity contribution in [3.8, 4) is 22.6 Å². The first-order chi connectivity index (χ1) is 8.00. The second-order valence-electron chi connectivity index (χ2n) is 4.09. The minimum atomic E-state index is 0.299. The number of aromatic hydroxyl groups is 2. The van der Waals surface area contributed by atoms with Crippen molar-refractivity contribution in [3.05, 3.63) is 45.0 Å². The molecular weight excluding hydrogens is 327 g/mol. The summed E-state index contributed by atoms with van der Waals surface area (Å²) < 4.78 is 0.790. The minimum Gasteiger partial charge on any atom is -0.507 e. The van der Waals surface area contributed by atoms with E-state index in [-0.39, 0.29) is 0 Å². The first-order valence-corrected chi connectivity index (χ1v) is 6.36. The summed E-state index contributed by atoms with van der Waals surface area (Å²) in [6.07, 6.45) is 0. The summed E-state index contributed by atoms with van der Waals surface area (Å²) in [5, 5.41) is 19.8. The van der Waals surface area contributed by atoms with E-state index in [9.17, 15) is 10.2 Å². The van der Waals surface area contributed by atoms with Gasteiger partial charge in [-0.1, -0.05) is 18.2 Å². The smallest absolute Gasteiger partial charge is 0.131 e. The van der Waals surface area contributed by atoms with Gasteiger partial charge in [-0.15, -0.1) is 0 Å². The van der Waals surface area contributed by atoms with E-state index in [4.69, 9.17) is 0 Å². The highest BCUT2D eigenvalue weighted by atomic mass is 127. The molecule has 2 N–H and O–H groups in total. The Morgan fingerprint density at radius 1 is 0.941 bits per heavy atom. The van der Waals surface area contributed by atoms with Gasteiger partial charge in [0.2, 0.25) is 0 Å². The molecule has 0 saturated carbocycles. The maximum Gasteiger partial charge on any atom is 0.131 e. The van der Waals surface area contributed by atoms with Gasteiger partial charge >= 0.3 is 0 Å². The van der Waals surface area contributed by atoms with Gasteiger partial charge in [-0.25, -0.2) is 0 Å². The van der Waals surface area contributed by atoms with Gasteiger partial charge in [-0.05, 0) is 65.3 Å². The molecule has 0 radical (unpaired) electrons. The van der Waals surface area contributed by atoms with Crippen LogP contribution in [0.15, 0.2) is 30.3 Å². The van der Waals surface area contributed by atoms with Crippen LogP contribution in [0, 0.1) is 17.4 Å². The molecule has 0 amide bonds. The SMILES string of the molecule is Cc1cc(-c2cccc(C)c2O)cc(I)c1O. The standard InChI is InChI=1S/C14H13IO2/c1-8-4-3-5-11(13(8)16)10-6-9(2)14(17)12(15)7-10/h3-7,16-17H,1-2H3. The molecule has 3 heteroatoms. The Bertz CT molecular complexity index is 553. The second-order valence-corrected chi connectivity index (χ2v) is 5.26. The van der Waals surface area contributed by atoms with Crippen LogP contribution in [0.3, 0.4) is 0 Å². The van der Waals surface area contributed by atoms with Crippen LogP contribution < -0.4 is 0 Å². The number of benzene rings is 2. The molecule has 0 aliphatic carbocycles. The fraction of sp³-hybridized carbons (Fsp3) is 0.143. The predicted octanol–water partition coefficient (Wildman–Crippen LogP) is 3.99. The number of rotatable bonds is 1. The molecule has 0 fully saturated rings. The van der Waals surface area contributed by atoms with Gasteiger partial charge in [-0.2, -0.15) is 0 Å². The van der Waals surface area contributed by atoms with Crippen molar-refractivity contribution in [1.29, 1.82) is 0 Å². The molecule has 0 saturated heterocycles. The molecule has 2 aromatic carbocycles. The third-order valence-corrected chi connectivity index (χ3v) is 3.63. The molecule has 0 unspecified atom stereocenters. The van der Waals surface area contributed by atoms with Crippen molar-refractivity contribution in [2.45, 2.75) is 13.8 Å². The van der Waals surface area contributed by atoms with Crippen LogP contribution in [-0.2, 0) is 0 Å². The molecule has 2 rings (SSSR count). The number of hydrogen-bond donors (Lipinski definition) is 2. The van der Waals surface area contributed by atoms with Gasteiger partial charge in [0.1, 0.15) is 11.5 Å². The predicted molar refractivity (Wildman–Crippen MR) is 77.4 cm³/mol. The van der Waals surface area contributed by atoms with E-state index < -0.39 is 0 Å². The molecule has 0 aliphatic rings. The van der Waals surface area contributed by atoms with Crippen LogP contribution in [0.4, 0.5) is 0 Å². The van der Waals surface area contributed by atoms with Crippen LogP contribution in [-0.4, -0.2) is 10.2 Å². The lowest BCUT2D eigenvalue weighted by molar-refractivity contribution is 0.466. The normalized spacial score (nSPS) is 10.5. The number of para-hydroxylation sites is 1. The van der Waals surface area contributed by atoms with Gasteiger partial charge in [-0.3, -0.25) is 0 Å². The zero-order valence-corrected chi connectivity index (χ0v) is 11.8. The molecule has 0 atom stereocenters. The lowest BCUT2D eigenvalue weighted by Crippen LogP contribution is -1.86. The Hall–Kier alpha value is -1.23. The summed E-state index contributed by atoms with van der Waals surface area (Å²) in [6, 6.07) is 9.42. The number of aryl methyl sites for hydroxylation is 2. The van der Waals surface area contributed by atoms with Gasteiger partial charge in [0, 0.05) is 5.56 Å². The molecule has 88 valence electrons. The molecule has 0 bridgehead atoms. The van der Waals surface area contributed by atoms with Crippen LogP contribution in [0.5, 0.6) is 11.5 Å². The highest BCUT2D eigenvalue weighted by Gasteiger charge is 2.10. The third-order valence-electron chi connectivity index (χ3n) is 2.80. The number of phenolic OH excluding ortho intramolecular Hbond substituents is 2. The van der Waals surface area contributed by atoms with Crippen LogP contribution in [0.25, 0.3) is 11.1 Å². The highest BCUT2D eigenvalue weighted by Crippen LogP contribution is 2.35. The van der Waals surface area contributed by atoms with Crippen LogP contribution in [0.1, 0.15) is 11.1 Å². The highest BCUT2D eigenvalue weighted by molar-refractivity contribution is 14.1. The molecule has 2 nitrogen and oxygen atoms in total. The maximum atomic E-state index is 10.0. The van der Waals surface area contributed by atoms with Crippen molar-refractivity contribution in [3.63, 3.8) is 0 Å². The fourth-order valence-electron chi connectivity index (χ4n) is 1.78. The quantitative estimate of drug-likeness (QED) is 0.771. The van der Waals surface area contributed by atoms with E-state index >= 15 is 0 Å². The summed E-state index contributed by atoms with van der Waals surface area (Å²) in [4.78, 5) is 0. The first kappa shape index (κ1) is 12.2. The largest absolute Gasteiger partial charge is 0.507 e. The molecule has 0 spiro atoms. The lowest BCUT2D eigenvalue weighted by Gasteiger charge is -2.10. The molecular formula is C14H13IO2. The molecule has 17 heavy (non-hydrogen) atoms. The van der Waals surface area contributed by atoms with E-state index in [1.165, 1.54) is 0 Å². The average molecular weight is 340 g/mol. The van der Waals surface area contributed by atoms with E-state index in [1.807, 2.05) is 44.2 Å². The van der Waals surface area contributed by atoms with E-state index in [0.717, 1.165) is 25.8 Å². The van der Waals surface area contributed by atoms with Gasteiger partial charge in [0.15, 0.2) is 0 Å². The molecule has 2 aromatic rings. The Morgan fingerprint density at radius 2 is 1.65 bits per heavy atom. The van der Waals surface area contributed by atoms with Gasteiger partial charge in [0.05, 0.1) is 3.57 Å².